The van der Waals surface area contributed by atoms with Crippen LogP contribution in [-0.2, 0) is 4.74 Å². The lowest BCUT2D eigenvalue weighted by Gasteiger charge is -2.09. The number of epoxide rings is 1. The number of anilines is 2. The van der Waals surface area contributed by atoms with Crippen molar-refractivity contribution in [3.63, 3.8) is 0 Å². The highest BCUT2D eigenvalue weighted by Gasteiger charge is 2.22. The molecule has 1 fully saturated rings. The number of hydrogen-bond donors (Lipinski definition) is 2. The molecule has 0 spiro atoms. The molecule has 114 valence electrons. The van der Waals surface area contributed by atoms with E-state index in [2.05, 4.69) is 10.6 Å². The van der Waals surface area contributed by atoms with Crippen molar-refractivity contribution >= 4 is 17.4 Å². The second kappa shape index (κ2) is 6.49. The molecule has 0 bridgehead atoms. The largest absolute Gasteiger partial charge is 0.491 e. The first-order chi connectivity index (χ1) is 10.7. The number of amides is 2. The number of carbonyl (C=O) groups excluding carboxylic acids is 1. The van der Waals surface area contributed by atoms with Gasteiger partial charge < -0.3 is 20.1 Å². The number of benzene rings is 2. The molecule has 1 aliphatic rings. The summed E-state index contributed by atoms with van der Waals surface area (Å²) < 4.78 is 10.6. The van der Waals surface area contributed by atoms with E-state index in [1.165, 1.54) is 0 Å². The first kappa shape index (κ1) is 14.4. The van der Waals surface area contributed by atoms with Crippen LogP contribution in [0, 0.1) is 6.92 Å². The molecule has 0 aromatic heterocycles. The molecule has 2 aromatic carbocycles. The Labute approximate surface area is 129 Å². The minimum absolute atomic E-state index is 0.234. The number of urea groups is 1. The number of rotatable bonds is 5. The molecule has 0 radical (unpaired) electrons. The molecule has 1 unspecified atom stereocenters. The Kier molecular flexibility index (Phi) is 4.25. The molecule has 2 N–H and O–H groups in total. The van der Waals surface area contributed by atoms with Gasteiger partial charge in [0, 0.05) is 11.4 Å². The molecule has 5 nitrogen and oxygen atoms in total. The van der Waals surface area contributed by atoms with Crippen molar-refractivity contribution < 1.29 is 14.3 Å². The summed E-state index contributed by atoms with van der Waals surface area (Å²) in [6, 6.07) is 14.6. The molecule has 1 aliphatic heterocycles. The Morgan fingerprint density at radius 3 is 2.18 bits per heavy atom. The lowest BCUT2D eigenvalue weighted by molar-refractivity contribution is 0.262. The van der Waals surface area contributed by atoms with Crippen LogP contribution in [0.2, 0.25) is 0 Å². The van der Waals surface area contributed by atoms with Gasteiger partial charge in [-0.3, -0.25) is 0 Å². The Bertz CT molecular complexity index is 634. The number of nitrogens with one attached hydrogen (secondary N) is 2. The molecule has 1 saturated heterocycles. The van der Waals surface area contributed by atoms with E-state index in [-0.39, 0.29) is 12.1 Å². The number of ether oxygens (including phenoxy) is 2. The van der Waals surface area contributed by atoms with Gasteiger partial charge in [-0.15, -0.1) is 0 Å². The van der Waals surface area contributed by atoms with Gasteiger partial charge in [0.2, 0.25) is 0 Å². The summed E-state index contributed by atoms with van der Waals surface area (Å²) in [5.41, 5.74) is 2.62. The standard InChI is InChI=1S/C17H18N2O3/c1-12-2-4-13(5-3-12)18-17(20)19-14-6-8-15(9-7-14)21-10-16-11-22-16/h2-9,16H,10-11H2,1H3,(H2,18,19,20). The van der Waals surface area contributed by atoms with E-state index in [0.29, 0.717) is 12.3 Å². The third kappa shape index (κ3) is 4.23. The van der Waals surface area contributed by atoms with E-state index in [4.69, 9.17) is 9.47 Å². The summed E-state index contributed by atoms with van der Waals surface area (Å²) in [6.45, 7) is 3.35. The maximum Gasteiger partial charge on any atom is 0.323 e. The van der Waals surface area contributed by atoms with Crippen molar-refractivity contribution in [1.82, 2.24) is 0 Å². The SMILES string of the molecule is Cc1ccc(NC(=O)Nc2ccc(OCC3CO3)cc2)cc1. The van der Waals surface area contributed by atoms with Crippen LogP contribution in [0.5, 0.6) is 5.75 Å². The number of hydrogen-bond acceptors (Lipinski definition) is 3. The second-order valence-corrected chi connectivity index (χ2v) is 5.24. The molecule has 2 aromatic rings. The molecule has 22 heavy (non-hydrogen) atoms. The Morgan fingerprint density at radius 1 is 1.09 bits per heavy atom. The van der Waals surface area contributed by atoms with Crippen molar-refractivity contribution in [1.29, 1.82) is 0 Å². The fourth-order valence-corrected chi connectivity index (χ4v) is 1.92. The van der Waals surface area contributed by atoms with Gasteiger partial charge in [0.25, 0.3) is 0 Å². The van der Waals surface area contributed by atoms with E-state index >= 15 is 0 Å². The molecular weight excluding hydrogens is 280 g/mol. The van der Waals surface area contributed by atoms with Crippen molar-refractivity contribution in [2.75, 3.05) is 23.8 Å². The van der Waals surface area contributed by atoms with Crippen LogP contribution in [0.25, 0.3) is 0 Å². The zero-order valence-corrected chi connectivity index (χ0v) is 12.3. The van der Waals surface area contributed by atoms with Gasteiger partial charge in [0.15, 0.2) is 0 Å². The number of aryl methyl sites for hydroxylation is 1. The first-order valence-corrected chi connectivity index (χ1v) is 7.18. The summed E-state index contributed by atoms with van der Waals surface area (Å²) in [6.07, 6.45) is 0.234. The average molecular weight is 298 g/mol. The Hall–Kier alpha value is -2.53. The van der Waals surface area contributed by atoms with Crippen LogP contribution in [-0.4, -0.2) is 25.3 Å². The van der Waals surface area contributed by atoms with Crippen molar-refractivity contribution in [3.8, 4) is 5.75 Å². The molecule has 0 saturated carbocycles. The maximum absolute atomic E-state index is 11.9. The highest BCUT2D eigenvalue weighted by atomic mass is 16.6. The van der Waals surface area contributed by atoms with Gasteiger partial charge in [-0.05, 0) is 43.3 Å². The fraction of sp³-hybridized carbons (Fsp3) is 0.235. The fourth-order valence-electron chi connectivity index (χ4n) is 1.92. The third-order valence-electron chi connectivity index (χ3n) is 3.26. The average Bonchev–Trinajstić information content (AvgIpc) is 3.33. The summed E-state index contributed by atoms with van der Waals surface area (Å²) in [5, 5.41) is 5.56. The van der Waals surface area contributed by atoms with Crippen molar-refractivity contribution in [2.24, 2.45) is 0 Å². The maximum atomic E-state index is 11.9. The highest BCUT2D eigenvalue weighted by Crippen LogP contribution is 2.18. The van der Waals surface area contributed by atoms with Gasteiger partial charge in [-0.2, -0.15) is 0 Å². The van der Waals surface area contributed by atoms with E-state index < -0.39 is 0 Å². The summed E-state index contributed by atoms with van der Waals surface area (Å²) in [7, 11) is 0. The lowest BCUT2D eigenvalue weighted by atomic mass is 10.2. The van der Waals surface area contributed by atoms with Gasteiger partial charge >= 0.3 is 6.03 Å². The zero-order chi connectivity index (χ0) is 15.4. The predicted octanol–water partition coefficient (Wildman–Crippen LogP) is 3.42. The minimum atomic E-state index is -0.274. The van der Waals surface area contributed by atoms with Gasteiger partial charge in [0.1, 0.15) is 18.5 Å². The van der Waals surface area contributed by atoms with E-state index in [9.17, 15) is 4.79 Å². The molecular formula is C17H18N2O3. The number of carbonyl (C=O) groups is 1. The molecule has 2 amide bonds. The predicted molar refractivity (Wildman–Crippen MR) is 85.5 cm³/mol. The second-order valence-electron chi connectivity index (χ2n) is 5.24. The van der Waals surface area contributed by atoms with E-state index in [1.54, 1.807) is 12.1 Å². The van der Waals surface area contributed by atoms with E-state index in [1.807, 2.05) is 43.3 Å². The third-order valence-corrected chi connectivity index (χ3v) is 3.26. The van der Waals surface area contributed by atoms with Gasteiger partial charge in [0.05, 0.1) is 6.61 Å². The monoisotopic (exact) mass is 298 g/mol. The molecule has 1 atom stereocenters. The summed E-state index contributed by atoms with van der Waals surface area (Å²) in [4.78, 5) is 11.9. The summed E-state index contributed by atoms with van der Waals surface area (Å²) >= 11 is 0. The van der Waals surface area contributed by atoms with Crippen LogP contribution in [0.1, 0.15) is 5.56 Å². The normalized spacial score (nSPS) is 16.0. The minimum Gasteiger partial charge on any atom is -0.491 e. The Balaban J connectivity index is 1.50. The zero-order valence-electron chi connectivity index (χ0n) is 12.3. The smallest absolute Gasteiger partial charge is 0.323 e. The van der Waals surface area contributed by atoms with Gasteiger partial charge in [-0.25, -0.2) is 4.79 Å². The van der Waals surface area contributed by atoms with Gasteiger partial charge in [-0.1, -0.05) is 17.7 Å². The topological polar surface area (TPSA) is 62.9 Å². The van der Waals surface area contributed by atoms with E-state index in [0.717, 1.165) is 23.6 Å². The highest BCUT2D eigenvalue weighted by molar-refractivity contribution is 5.99. The molecule has 5 heteroatoms. The summed E-state index contributed by atoms with van der Waals surface area (Å²) in [5.74, 6) is 0.764. The Morgan fingerprint density at radius 2 is 1.64 bits per heavy atom. The van der Waals surface area contributed by atoms with Crippen LogP contribution < -0.4 is 15.4 Å². The quantitative estimate of drug-likeness (QED) is 0.831. The van der Waals surface area contributed by atoms with Crippen LogP contribution in [0.3, 0.4) is 0 Å². The van der Waals surface area contributed by atoms with Crippen LogP contribution in [0.15, 0.2) is 48.5 Å². The molecule has 1 heterocycles. The molecule has 0 aliphatic carbocycles. The first-order valence-electron chi connectivity index (χ1n) is 7.18. The van der Waals surface area contributed by atoms with Crippen LogP contribution >= 0.6 is 0 Å². The van der Waals surface area contributed by atoms with Crippen molar-refractivity contribution in [3.05, 3.63) is 54.1 Å². The molecule has 3 rings (SSSR count). The lowest BCUT2D eigenvalue weighted by Crippen LogP contribution is -2.19. The van der Waals surface area contributed by atoms with Crippen molar-refractivity contribution in [2.45, 2.75) is 13.0 Å². The van der Waals surface area contributed by atoms with Crippen LogP contribution in [0.4, 0.5) is 16.2 Å².